The predicted molar refractivity (Wildman–Crippen MR) is 131 cm³/mol. The Bertz CT molecular complexity index is 1090. The zero-order valence-electron chi connectivity index (χ0n) is 17.9. The van der Waals surface area contributed by atoms with E-state index >= 15 is 0 Å². The van der Waals surface area contributed by atoms with Crippen LogP contribution in [-0.4, -0.2) is 34.7 Å². The summed E-state index contributed by atoms with van der Waals surface area (Å²) in [7, 11) is 0. The van der Waals surface area contributed by atoms with Crippen molar-refractivity contribution in [2.45, 2.75) is 56.9 Å². The number of aromatic nitrogens is 2. The molecule has 0 radical (unpaired) electrons. The van der Waals surface area contributed by atoms with Crippen molar-refractivity contribution in [3.05, 3.63) is 40.5 Å². The number of nitrogens with zero attached hydrogens (tertiary/aromatic N) is 3. The van der Waals surface area contributed by atoms with Crippen molar-refractivity contribution in [2.24, 2.45) is 0 Å². The first-order valence-corrected chi connectivity index (χ1v) is 13.0. The highest BCUT2D eigenvalue weighted by atomic mass is 32.2. The normalized spacial score (nSPS) is 16.4. The number of fused-ring (bicyclic) bond motifs is 3. The Morgan fingerprint density at radius 3 is 2.65 bits per heavy atom. The van der Waals surface area contributed by atoms with E-state index in [0.717, 1.165) is 47.3 Å². The van der Waals surface area contributed by atoms with Crippen LogP contribution < -0.4 is 10.2 Å². The number of carbonyl (C=O) groups is 1. The molecule has 0 saturated carbocycles. The molecule has 1 aromatic carbocycles. The van der Waals surface area contributed by atoms with Crippen LogP contribution in [0.3, 0.4) is 0 Å². The predicted octanol–water partition coefficient (Wildman–Crippen LogP) is 5.60. The highest BCUT2D eigenvalue weighted by molar-refractivity contribution is 8.00. The standard InChI is InChI=1S/C24H28N4OS2/c1-16-25-23(22-19-7-3-4-8-20(19)31-24(22)26-16)30-15-21(29)27-17-9-11-18(12-10-17)28-13-5-2-6-14-28/h9-12H,2-8,13-15H2,1H3,(H,27,29). The number of rotatable bonds is 5. The molecule has 0 unspecified atom stereocenters. The molecule has 2 aliphatic rings. The molecular formula is C24H28N4OS2. The molecule has 1 fully saturated rings. The number of aryl methyl sites for hydroxylation is 3. The van der Waals surface area contributed by atoms with Gasteiger partial charge in [-0.15, -0.1) is 11.3 Å². The molecule has 162 valence electrons. The van der Waals surface area contributed by atoms with Crippen LogP contribution in [0.2, 0.25) is 0 Å². The van der Waals surface area contributed by atoms with Crippen molar-refractivity contribution in [1.82, 2.24) is 9.97 Å². The molecule has 1 aliphatic carbocycles. The fraction of sp³-hybridized carbons (Fsp3) is 0.458. The Labute approximate surface area is 191 Å². The first kappa shape index (κ1) is 20.8. The Kier molecular flexibility index (Phi) is 6.14. The summed E-state index contributed by atoms with van der Waals surface area (Å²) in [6.45, 7) is 4.19. The zero-order valence-corrected chi connectivity index (χ0v) is 19.6. The third-order valence-electron chi connectivity index (χ3n) is 6.11. The van der Waals surface area contributed by atoms with Gasteiger partial charge in [-0.05, 0) is 81.7 Å². The van der Waals surface area contributed by atoms with Crippen LogP contribution in [0.4, 0.5) is 11.4 Å². The number of hydrogen-bond acceptors (Lipinski definition) is 6. The average Bonchev–Trinajstić information content (AvgIpc) is 3.17. The number of benzene rings is 1. The summed E-state index contributed by atoms with van der Waals surface area (Å²) in [6.07, 6.45) is 8.59. The van der Waals surface area contributed by atoms with Crippen LogP contribution in [0.1, 0.15) is 48.4 Å². The minimum atomic E-state index is 0.00392. The van der Waals surface area contributed by atoms with Gasteiger partial charge in [0.2, 0.25) is 5.91 Å². The molecule has 1 saturated heterocycles. The van der Waals surface area contributed by atoms with E-state index in [4.69, 9.17) is 4.98 Å². The number of thiophene rings is 1. The van der Waals surface area contributed by atoms with Gasteiger partial charge in [0.1, 0.15) is 15.7 Å². The highest BCUT2D eigenvalue weighted by Gasteiger charge is 2.21. The number of nitrogens with one attached hydrogen (secondary N) is 1. The van der Waals surface area contributed by atoms with Crippen LogP contribution in [-0.2, 0) is 17.6 Å². The molecule has 0 bridgehead atoms. The number of piperidine rings is 1. The maximum Gasteiger partial charge on any atom is 0.234 e. The van der Waals surface area contributed by atoms with Crippen LogP contribution in [0.15, 0.2) is 29.3 Å². The van der Waals surface area contributed by atoms with Crippen LogP contribution in [0.25, 0.3) is 10.2 Å². The van der Waals surface area contributed by atoms with Crippen molar-refractivity contribution >= 4 is 50.6 Å². The van der Waals surface area contributed by atoms with E-state index in [1.807, 2.05) is 30.4 Å². The Morgan fingerprint density at radius 2 is 1.84 bits per heavy atom. The molecule has 2 aromatic heterocycles. The number of hydrogen-bond donors (Lipinski definition) is 1. The van der Waals surface area contributed by atoms with E-state index < -0.39 is 0 Å². The lowest BCUT2D eigenvalue weighted by molar-refractivity contribution is -0.113. The van der Waals surface area contributed by atoms with Crippen molar-refractivity contribution in [3.63, 3.8) is 0 Å². The SMILES string of the molecule is Cc1nc(SCC(=O)Nc2ccc(N3CCCCC3)cc2)c2c3c(sc2n1)CCCC3. The highest BCUT2D eigenvalue weighted by Crippen LogP contribution is 2.39. The molecule has 1 amide bonds. The number of carbonyl (C=O) groups excluding carboxylic acids is 1. The average molecular weight is 453 g/mol. The van der Waals surface area contributed by atoms with Crippen LogP contribution in [0.5, 0.6) is 0 Å². The Hall–Kier alpha value is -2.12. The third-order valence-corrected chi connectivity index (χ3v) is 8.27. The lowest BCUT2D eigenvalue weighted by Gasteiger charge is -2.28. The molecular weight excluding hydrogens is 424 g/mol. The van der Waals surface area contributed by atoms with Gasteiger partial charge in [-0.25, -0.2) is 9.97 Å². The molecule has 1 aliphatic heterocycles. The van der Waals surface area contributed by atoms with Crippen LogP contribution >= 0.6 is 23.1 Å². The fourth-order valence-electron chi connectivity index (χ4n) is 4.57. The van der Waals surface area contributed by atoms with E-state index in [-0.39, 0.29) is 5.91 Å². The van der Waals surface area contributed by atoms with Gasteiger partial charge < -0.3 is 10.2 Å². The van der Waals surface area contributed by atoms with Crippen molar-refractivity contribution in [3.8, 4) is 0 Å². The van der Waals surface area contributed by atoms with Gasteiger partial charge in [0.25, 0.3) is 0 Å². The Morgan fingerprint density at radius 1 is 1.06 bits per heavy atom. The van der Waals surface area contributed by atoms with E-state index in [0.29, 0.717) is 5.75 Å². The minimum absolute atomic E-state index is 0.00392. The fourth-order valence-corrected chi connectivity index (χ4v) is 6.84. The number of anilines is 2. The second kappa shape index (κ2) is 9.17. The molecule has 5 nitrogen and oxygen atoms in total. The maximum absolute atomic E-state index is 12.6. The first-order valence-electron chi connectivity index (χ1n) is 11.2. The van der Waals surface area contributed by atoms with Crippen molar-refractivity contribution < 1.29 is 4.79 Å². The van der Waals surface area contributed by atoms with Gasteiger partial charge in [0, 0.05) is 34.7 Å². The van der Waals surface area contributed by atoms with Gasteiger partial charge in [-0.2, -0.15) is 0 Å². The third kappa shape index (κ3) is 4.58. The maximum atomic E-state index is 12.6. The van der Waals surface area contributed by atoms with E-state index in [2.05, 4.69) is 27.3 Å². The topological polar surface area (TPSA) is 58.1 Å². The summed E-state index contributed by atoms with van der Waals surface area (Å²) < 4.78 is 0. The summed E-state index contributed by atoms with van der Waals surface area (Å²) in [5, 5.41) is 5.19. The van der Waals surface area contributed by atoms with E-state index in [1.54, 1.807) is 0 Å². The number of amides is 1. The summed E-state index contributed by atoms with van der Waals surface area (Å²) >= 11 is 3.34. The molecule has 7 heteroatoms. The molecule has 0 atom stereocenters. The molecule has 3 heterocycles. The molecule has 0 spiro atoms. The van der Waals surface area contributed by atoms with Crippen molar-refractivity contribution in [2.75, 3.05) is 29.1 Å². The summed E-state index contributed by atoms with van der Waals surface area (Å²) in [5.41, 5.74) is 3.51. The zero-order chi connectivity index (χ0) is 21.2. The number of thioether (sulfide) groups is 1. The minimum Gasteiger partial charge on any atom is -0.372 e. The van der Waals surface area contributed by atoms with Gasteiger partial charge in [-0.1, -0.05) is 11.8 Å². The lowest BCUT2D eigenvalue weighted by Crippen LogP contribution is -2.29. The van der Waals surface area contributed by atoms with Crippen LogP contribution in [0, 0.1) is 6.92 Å². The summed E-state index contributed by atoms with van der Waals surface area (Å²) in [5.74, 6) is 1.14. The monoisotopic (exact) mass is 452 g/mol. The van der Waals surface area contributed by atoms with Gasteiger partial charge in [0.15, 0.2) is 0 Å². The van der Waals surface area contributed by atoms with E-state index in [9.17, 15) is 4.79 Å². The molecule has 31 heavy (non-hydrogen) atoms. The van der Waals surface area contributed by atoms with Gasteiger partial charge in [0.05, 0.1) is 5.75 Å². The Balaban J connectivity index is 1.25. The van der Waals surface area contributed by atoms with Crippen molar-refractivity contribution in [1.29, 1.82) is 0 Å². The van der Waals surface area contributed by atoms with E-state index in [1.165, 1.54) is 65.4 Å². The summed E-state index contributed by atoms with van der Waals surface area (Å²) in [6, 6.07) is 8.25. The molecule has 5 rings (SSSR count). The molecule has 1 N–H and O–H groups in total. The second-order valence-corrected chi connectivity index (χ2v) is 10.4. The van der Waals surface area contributed by atoms with Gasteiger partial charge in [-0.3, -0.25) is 4.79 Å². The first-order chi connectivity index (χ1) is 15.2. The smallest absolute Gasteiger partial charge is 0.234 e. The lowest BCUT2D eigenvalue weighted by atomic mass is 9.97. The largest absolute Gasteiger partial charge is 0.372 e. The quantitative estimate of drug-likeness (QED) is 0.403. The molecule has 3 aromatic rings. The second-order valence-electron chi connectivity index (χ2n) is 8.40. The summed E-state index contributed by atoms with van der Waals surface area (Å²) in [4.78, 5) is 27.0. The van der Waals surface area contributed by atoms with Gasteiger partial charge >= 0.3 is 0 Å².